The summed E-state index contributed by atoms with van der Waals surface area (Å²) in [5, 5.41) is 22.1. The maximum atomic E-state index is 12.2. The molecule has 0 radical (unpaired) electrons. The Kier molecular flexibility index (Phi) is 5.35. The molecule has 2 aromatic rings. The van der Waals surface area contributed by atoms with Gasteiger partial charge in [0.25, 0.3) is 0 Å². The van der Waals surface area contributed by atoms with Gasteiger partial charge in [0, 0.05) is 0 Å². The number of ether oxygens (including phenoxy) is 1. The lowest BCUT2D eigenvalue weighted by Gasteiger charge is -2.18. The van der Waals surface area contributed by atoms with Gasteiger partial charge in [-0.2, -0.15) is 0 Å². The number of carboxylic acid groups (broad SMARTS) is 1. The molecule has 0 saturated heterocycles. The zero-order valence-electron chi connectivity index (χ0n) is 13.7. The topological polar surface area (TPSA) is 122 Å². The first-order valence-electron chi connectivity index (χ1n) is 7.34. The van der Waals surface area contributed by atoms with Crippen LogP contribution < -0.4 is 5.32 Å². The van der Waals surface area contributed by atoms with E-state index in [2.05, 4.69) is 15.3 Å². The highest BCUT2D eigenvalue weighted by atomic mass is 32.1. The first-order chi connectivity index (χ1) is 11.2. The maximum Gasteiger partial charge on any atom is 0.348 e. The normalized spacial score (nSPS) is 13.8. The fourth-order valence-corrected chi connectivity index (χ4v) is 3.21. The van der Waals surface area contributed by atoms with E-state index in [1.807, 2.05) is 0 Å². The number of rotatable bonds is 6. The van der Waals surface area contributed by atoms with Crippen molar-refractivity contribution in [3.05, 3.63) is 16.8 Å². The van der Waals surface area contributed by atoms with Crippen LogP contribution in [0.15, 0.2) is 6.33 Å². The standard InChI is InChI=1S/C15H19N3O5S/c1-6(2)23-15(22)11-7(3)9-12(16-5-17-13(9)24-11)18-10(8(4)19)14(20)21/h5-6,8,10,19H,1-4H3,(H,20,21)(H,16,17,18). The molecule has 24 heavy (non-hydrogen) atoms. The molecule has 0 spiro atoms. The lowest BCUT2D eigenvalue weighted by molar-refractivity contribution is -0.140. The van der Waals surface area contributed by atoms with E-state index in [-0.39, 0.29) is 11.9 Å². The summed E-state index contributed by atoms with van der Waals surface area (Å²) in [5.74, 6) is -1.41. The third-order valence-corrected chi connectivity index (χ3v) is 4.48. The number of carbonyl (C=O) groups is 2. The molecule has 0 saturated carbocycles. The Hall–Kier alpha value is -2.26. The van der Waals surface area contributed by atoms with Crippen molar-refractivity contribution in [1.82, 2.24) is 9.97 Å². The summed E-state index contributed by atoms with van der Waals surface area (Å²) in [5.41, 5.74) is 0.610. The van der Waals surface area contributed by atoms with Crippen LogP contribution in [0.4, 0.5) is 5.82 Å². The largest absolute Gasteiger partial charge is 0.480 e. The van der Waals surface area contributed by atoms with Gasteiger partial charge in [-0.3, -0.25) is 0 Å². The van der Waals surface area contributed by atoms with Crippen molar-refractivity contribution in [3.8, 4) is 0 Å². The average molecular weight is 353 g/mol. The Labute approximate surface area is 142 Å². The van der Waals surface area contributed by atoms with E-state index >= 15 is 0 Å². The monoisotopic (exact) mass is 353 g/mol. The number of nitrogens with zero attached hydrogens (tertiary/aromatic N) is 2. The van der Waals surface area contributed by atoms with Gasteiger partial charge in [-0.1, -0.05) is 0 Å². The number of aryl methyl sites for hydroxylation is 1. The van der Waals surface area contributed by atoms with Gasteiger partial charge in [0.1, 0.15) is 21.9 Å². The van der Waals surface area contributed by atoms with Gasteiger partial charge in [0.15, 0.2) is 6.04 Å². The molecule has 0 aliphatic carbocycles. The molecule has 2 rings (SSSR count). The van der Waals surface area contributed by atoms with E-state index < -0.39 is 24.1 Å². The first-order valence-corrected chi connectivity index (χ1v) is 8.16. The smallest absolute Gasteiger partial charge is 0.348 e. The van der Waals surface area contributed by atoms with Gasteiger partial charge in [-0.05, 0) is 33.3 Å². The van der Waals surface area contributed by atoms with E-state index in [9.17, 15) is 19.8 Å². The Morgan fingerprint density at radius 3 is 2.50 bits per heavy atom. The molecular formula is C15H19N3O5S. The van der Waals surface area contributed by atoms with Gasteiger partial charge in [0.2, 0.25) is 0 Å². The highest BCUT2D eigenvalue weighted by Gasteiger charge is 2.26. The van der Waals surface area contributed by atoms with Gasteiger partial charge in [-0.15, -0.1) is 11.3 Å². The van der Waals surface area contributed by atoms with Gasteiger partial charge in [-0.25, -0.2) is 19.6 Å². The number of carboxylic acids is 1. The number of aliphatic hydroxyl groups excluding tert-OH is 1. The Morgan fingerprint density at radius 2 is 1.96 bits per heavy atom. The summed E-state index contributed by atoms with van der Waals surface area (Å²) in [6.45, 7) is 6.61. The number of esters is 1. The third-order valence-electron chi connectivity index (χ3n) is 3.30. The van der Waals surface area contributed by atoms with E-state index in [0.717, 1.165) is 11.3 Å². The predicted molar refractivity (Wildman–Crippen MR) is 89.4 cm³/mol. The number of fused-ring (bicyclic) bond motifs is 1. The number of aliphatic hydroxyl groups is 1. The van der Waals surface area contributed by atoms with Crippen molar-refractivity contribution in [1.29, 1.82) is 0 Å². The quantitative estimate of drug-likeness (QED) is 0.672. The second kappa shape index (κ2) is 7.10. The number of aliphatic carboxylic acids is 1. The van der Waals surface area contributed by atoms with Crippen LogP contribution in [0.25, 0.3) is 10.2 Å². The van der Waals surface area contributed by atoms with Gasteiger partial charge in [0.05, 0.1) is 17.6 Å². The van der Waals surface area contributed by atoms with Crippen molar-refractivity contribution >= 4 is 39.3 Å². The van der Waals surface area contributed by atoms with E-state index in [1.54, 1.807) is 20.8 Å². The molecule has 0 bridgehead atoms. The average Bonchev–Trinajstić information content (AvgIpc) is 2.81. The lowest BCUT2D eigenvalue weighted by atomic mass is 10.1. The fraction of sp³-hybridized carbons (Fsp3) is 0.467. The second-order valence-electron chi connectivity index (χ2n) is 5.61. The highest BCUT2D eigenvalue weighted by molar-refractivity contribution is 7.20. The molecule has 2 aromatic heterocycles. The zero-order chi connectivity index (χ0) is 18.0. The summed E-state index contributed by atoms with van der Waals surface area (Å²) >= 11 is 1.16. The number of anilines is 1. The van der Waals surface area contributed by atoms with E-state index in [4.69, 9.17) is 4.74 Å². The van der Waals surface area contributed by atoms with Crippen molar-refractivity contribution in [2.75, 3.05) is 5.32 Å². The molecule has 2 unspecified atom stereocenters. The molecule has 0 fully saturated rings. The molecule has 3 N–H and O–H groups in total. The third kappa shape index (κ3) is 3.62. The minimum absolute atomic E-state index is 0.252. The van der Waals surface area contributed by atoms with E-state index in [0.29, 0.717) is 20.7 Å². The first kappa shape index (κ1) is 18.1. The second-order valence-corrected chi connectivity index (χ2v) is 6.61. The molecule has 2 atom stereocenters. The van der Waals surface area contributed by atoms with Crippen LogP contribution in [0.2, 0.25) is 0 Å². The van der Waals surface area contributed by atoms with Gasteiger partial charge < -0.3 is 20.3 Å². The molecule has 8 nitrogen and oxygen atoms in total. The molecule has 130 valence electrons. The van der Waals surface area contributed by atoms with Crippen LogP contribution in [0.3, 0.4) is 0 Å². The van der Waals surface area contributed by atoms with Crippen molar-refractivity contribution in [2.24, 2.45) is 0 Å². The molecule has 0 aliphatic heterocycles. The molecule has 0 amide bonds. The minimum atomic E-state index is -1.23. The van der Waals surface area contributed by atoms with Crippen LogP contribution in [-0.4, -0.2) is 50.4 Å². The number of aromatic nitrogens is 2. The summed E-state index contributed by atoms with van der Waals surface area (Å²) < 4.78 is 5.21. The number of thiophene rings is 1. The van der Waals surface area contributed by atoms with Crippen LogP contribution >= 0.6 is 11.3 Å². The van der Waals surface area contributed by atoms with Crippen LogP contribution in [-0.2, 0) is 9.53 Å². The number of nitrogens with one attached hydrogen (secondary N) is 1. The summed E-state index contributed by atoms with van der Waals surface area (Å²) in [6.07, 6.45) is -0.103. The Bertz CT molecular complexity index is 772. The highest BCUT2D eigenvalue weighted by Crippen LogP contribution is 2.34. The van der Waals surface area contributed by atoms with Crippen molar-refractivity contribution in [2.45, 2.75) is 45.9 Å². The lowest BCUT2D eigenvalue weighted by Crippen LogP contribution is -2.39. The van der Waals surface area contributed by atoms with Gasteiger partial charge >= 0.3 is 11.9 Å². The SMILES string of the molecule is Cc1c(C(=O)OC(C)C)sc2ncnc(NC(C(=O)O)C(C)O)c12. The fourth-order valence-electron chi connectivity index (χ4n) is 2.18. The van der Waals surface area contributed by atoms with Crippen LogP contribution in [0.1, 0.15) is 36.0 Å². The molecule has 0 aliphatic rings. The summed E-state index contributed by atoms with van der Waals surface area (Å²) in [4.78, 5) is 32.6. The molecule has 0 aromatic carbocycles. The zero-order valence-corrected chi connectivity index (χ0v) is 14.5. The van der Waals surface area contributed by atoms with E-state index in [1.165, 1.54) is 13.3 Å². The molecule has 9 heteroatoms. The van der Waals surface area contributed by atoms with Crippen LogP contribution in [0, 0.1) is 6.92 Å². The summed E-state index contributed by atoms with van der Waals surface area (Å²) in [7, 11) is 0. The van der Waals surface area contributed by atoms with Crippen molar-refractivity contribution < 1.29 is 24.5 Å². The Balaban J connectivity index is 2.48. The predicted octanol–water partition coefficient (Wildman–Crippen LogP) is 1.81. The Morgan fingerprint density at radius 1 is 1.29 bits per heavy atom. The maximum absolute atomic E-state index is 12.2. The molecular weight excluding hydrogens is 334 g/mol. The minimum Gasteiger partial charge on any atom is -0.480 e. The molecule has 2 heterocycles. The van der Waals surface area contributed by atoms with Crippen molar-refractivity contribution in [3.63, 3.8) is 0 Å². The number of hydrogen-bond donors (Lipinski definition) is 3. The van der Waals surface area contributed by atoms with Crippen LogP contribution in [0.5, 0.6) is 0 Å². The number of hydrogen-bond acceptors (Lipinski definition) is 8. The summed E-state index contributed by atoms with van der Waals surface area (Å²) in [6, 6.07) is -1.23. The number of carbonyl (C=O) groups excluding carboxylic acids is 1.